The van der Waals surface area contributed by atoms with E-state index in [1.54, 1.807) is 18.2 Å². The summed E-state index contributed by atoms with van der Waals surface area (Å²) in [6.45, 7) is 7.97. The molecule has 1 amide bonds. The molecule has 0 aromatic heterocycles. The molecule has 0 unspecified atom stereocenters. The smallest absolute Gasteiger partial charge is 0.292 e. The lowest BCUT2D eigenvalue weighted by Crippen LogP contribution is -2.13. The number of nitro groups is 1. The first-order valence-electron chi connectivity index (χ1n) is 10.4. The lowest BCUT2D eigenvalue weighted by molar-refractivity contribution is -0.383. The van der Waals surface area contributed by atoms with Crippen LogP contribution in [0.25, 0.3) is 6.08 Å². The first-order valence-corrected chi connectivity index (χ1v) is 10.4. The predicted molar refractivity (Wildman–Crippen MR) is 128 cm³/mol. The van der Waals surface area contributed by atoms with Gasteiger partial charge in [-0.15, -0.1) is 0 Å². The van der Waals surface area contributed by atoms with Crippen molar-refractivity contribution < 1.29 is 9.72 Å². The van der Waals surface area contributed by atoms with Crippen LogP contribution < -0.4 is 10.6 Å². The summed E-state index contributed by atoms with van der Waals surface area (Å²) in [6.07, 6.45) is 3.05. The maximum absolute atomic E-state index is 12.1. The number of carbonyl (C=O) groups is 1. The minimum absolute atomic E-state index is 0.137. The van der Waals surface area contributed by atoms with Crippen molar-refractivity contribution in [2.75, 3.05) is 5.32 Å². The summed E-state index contributed by atoms with van der Waals surface area (Å²) in [7, 11) is 0. The van der Waals surface area contributed by atoms with Crippen molar-refractivity contribution in [2.45, 2.75) is 33.9 Å². The molecule has 6 heteroatoms. The van der Waals surface area contributed by atoms with Gasteiger partial charge >= 0.3 is 0 Å². The van der Waals surface area contributed by atoms with E-state index in [9.17, 15) is 14.9 Å². The molecule has 0 atom stereocenters. The van der Waals surface area contributed by atoms with Gasteiger partial charge in [0.1, 0.15) is 5.69 Å². The molecule has 164 valence electrons. The Hall–Kier alpha value is -3.77. The molecular formula is C26H27N3O3. The highest BCUT2D eigenvalue weighted by Gasteiger charge is 2.13. The molecule has 6 nitrogen and oxygen atoms in total. The molecule has 0 saturated carbocycles. The highest BCUT2D eigenvalue weighted by atomic mass is 16.6. The van der Waals surface area contributed by atoms with Crippen LogP contribution in [0.15, 0.2) is 66.7 Å². The number of rotatable bonds is 8. The van der Waals surface area contributed by atoms with E-state index in [-0.39, 0.29) is 11.4 Å². The van der Waals surface area contributed by atoms with Crippen molar-refractivity contribution >= 4 is 23.4 Å². The molecule has 0 aliphatic heterocycles. The summed E-state index contributed by atoms with van der Waals surface area (Å²) >= 11 is 0. The molecular weight excluding hydrogens is 402 g/mol. The Bertz CT molecular complexity index is 1130. The van der Waals surface area contributed by atoms with E-state index in [0.29, 0.717) is 0 Å². The molecule has 0 aliphatic carbocycles. The average molecular weight is 430 g/mol. The number of nitrogens with one attached hydrogen (secondary N) is 2. The maximum atomic E-state index is 12.1. The lowest BCUT2D eigenvalue weighted by atomic mass is 10.0. The fourth-order valence-corrected chi connectivity index (χ4v) is 3.41. The molecule has 0 fully saturated rings. The van der Waals surface area contributed by atoms with Crippen molar-refractivity contribution in [1.29, 1.82) is 0 Å². The summed E-state index contributed by atoms with van der Waals surface area (Å²) in [6, 6.07) is 18.4. The molecule has 0 heterocycles. The number of carbonyl (C=O) groups excluding carboxylic acids is 1. The third kappa shape index (κ3) is 6.12. The zero-order valence-corrected chi connectivity index (χ0v) is 18.5. The Kier molecular flexibility index (Phi) is 7.52. The number of hydrogen-bond acceptors (Lipinski definition) is 4. The third-order valence-corrected chi connectivity index (χ3v) is 5.41. The van der Waals surface area contributed by atoms with E-state index in [2.05, 4.69) is 43.5 Å². The Morgan fingerprint density at radius 1 is 0.938 bits per heavy atom. The van der Waals surface area contributed by atoms with E-state index in [1.807, 2.05) is 24.3 Å². The standard InChI is InChI=1S/C26H27N3O3/c1-18-14-23(15-19(2)20(18)3)17-27-16-22-10-8-21(9-11-22)12-13-26(30)28-24-6-4-5-7-25(24)29(31)32/h4-15,27H,16-17H2,1-3H3,(H,28,30)/b13-12+. The highest BCUT2D eigenvalue weighted by Crippen LogP contribution is 2.23. The van der Waals surface area contributed by atoms with Crippen molar-refractivity contribution in [1.82, 2.24) is 5.32 Å². The fraction of sp³-hybridized carbons (Fsp3) is 0.192. The number of nitrogens with zero attached hydrogens (tertiary/aromatic N) is 1. The molecule has 3 aromatic carbocycles. The van der Waals surface area contributed by atoms with E-state index in [0.717, 1.165) is 24.2 Å². The van der Waals surface area contributed by atoms with Crippen molar-refractivity contribution in [3.8, 4) is 0 Å². The molecule has 3 aromatic rings. The van der Waals surface area contributed by atoms with E-state index in [1.165, 1.54) is 40.5 Å². The number of benzene rings is 3. The van der Waals surface area contributed by atoms with Gasteiger partial charge in [0.2, 0.25) is 5.91 Å². The molecule has 2 N–H and O–H groups in total. The predicted octanol–water partition coefficient (Wildman–Crippen LogP) is 5.46. The largest absolute Gasteiger partial charge is 0.317 e. The van der Waals surface area contributed by atoms with Gasteiger partial charge in [-0.3, -0.25) is 14.9 Å². The van der Waals surface area contributed by atoms with Gasteiger partial charge in [0.15, 0.2) is 0 Å². The maximum Gasteiger partial charge on any atom is 0.292 e. The highest BCUT2D eigenvalue weighted by molar-refractivity contribution is 6.03. The number of anilines is 1. The van der Waals surface area contributed by atoms with Gasteiger partial charge in [0.25, 0.3) is 5.69 Å². The first kappa shape index (κ1) is 22.9. The van der Waals surface area contributed by atoms with Crippen LogP contribution in [0.2, 0.25) is 0 Å². The minimum Gasteiger partial charge on any atom is -0.317 e. The van der Waals surface area contributed by atoms with Gasteiger partial charge in [0, 0.05) is 25.2 Å². The number of amides is 1. The van der Waals surface area contributed by atoms with Gasteiger partial charge in [0.05, 0.1) is 4.92 Å². The van der Waals surface area contributed by atoms with Crippen LogP contribution in [0.3, 0.4) is 0 Å². The molecule has 32 heavy (non-hydrogen) atoms. The van der Waals surface area contributed by atoms with E-state index < -0.39 is 10.8 Å². The summed E-state index contributed by atoms with van der Waals surface area (Å²) in [5, 5.41) is 17.1. The lowest BCUT2D eigenvalue weighted by Gasteiger charge is -2.10. The van der Waals surface area contributed by atoms with Gasteiger partial charge in [-0.05, 0) is 66.3 Å². The molecule has 0 radical (unpaired) electrons. The topological polar surface area (TPSA) is 84.3 Å². The Labute approximate surface area is 188 Å². The second-order valence-corrected chi connectivity index (χ2v) is 7.80. The van der Waals surface area contributed by atoms with Gasteiger partial charge in [-0.1, -0.05) is 48.5 Å². The summed E-state index contributed by atoms with van der Waals surface area (Å²) in [5.74, 6) is -0.422. The van der Waals surface area contributed by atoms with Crippen LogP contribution in [-0.4, -0.2) is 10.8 Å². The summed E-state index contributed by atoms with van der Waals surface area (Å²) < 4.78 is 0. The Morgan fingerprint density at radius 2 is 1.56 bits per heavy atom. The van der Waals surface area contributed by atoms with Gasteiger partial charge in [-0.25, -0.2) is 0 Å². The van der Waals surface area contributed by atoms with E-state index >= 15 is 0 Å². The minimum atomic E-state index is -0.521. The second kappa shape index (κ2) is 10.5. The number of aryl methyl sites for hydroxylation is 2. The summed E-state index contributed by atoms with van der Waals surface area (Å²) in [5.41, 5.74) is 7.29. The quantitative estimate of drug-likeness (QED) is 0.283. The third-order valence-electron chi connectivity index (χ3n) is 5.41. The molecule has 0 aliphatic rings. The van der Waals surface area contributed by atoms with Gasteiger partial charge in [-0.2, -0.15) is 0 Å². The monoisotopic (exact) mass is 429 g/mol. The van der Waals surface area contributed by atoms with Gasteiger partial charge < -0.3 is 10.6 Å². The van der Waals surface area contributed by atoms with Crippen molar-refractivity contribution in [2.24, 2.45) is 0 Å². The normalized spacial score (nSPS) is 11.0. The Morgan fingerprint density at radius 3 is 2.22 bits per heavy atom. The zero-order chi connectivity index (χ0) is 23.1. The van der Waals surface area contributed by atoms with E-state index in [4.69, 9.17) is 0 Å². The number of nitro benzene ring substituents is 1. The van der Waals surface area contributed by atoms with Crippen molar-refractivity contribution in [3.63, 3.8) is 0 Å². The van der Waals surface area contributed by atoms with Crippen molar-refractivity contribution in [3.05, 3.63) is 110 Å². The number of para-hydroxylation sites is 2. The average Bonchev–Trinajstić information content (AvgIpc) is 2.77. The summed E-state index contributed by atoms with van der Waals surface area (Å²) in [4.78, 5) is 22.7. The number of hydrogen-bond donors (Lipinski definition) is 2. The first-order chi connectivity index (χ1) is 15.3. The SMILES string of the molecule is Cc1cc(CNCc2ccc(/C=C/C(=O)Nc3ccccc3[N+](=O)[O-])cc2)cc(C)c1C. The molecule has 0 spiro atoms. The van der Waals surface area contributed by atoms with Crippen LogP contribution in [0.5, 0.6) is 0 Å². The molecule has 3 rings (SSSR count). The van der Waals surface area contributed by atoms with Crippen LogP contribution in [-0.2, 0) is 17.9 Å². The van der Waals surface area contributed by atoms with Crippen LogP contribution in [0.4, 0.5) is 11.4 Å². The Balaban J connectivity index is 1.53. The second-order valence-electron chi connectivity index (χ2n) is 7.80. The van der Waals surface area contributed by atoms with Crippen LogP contribution in [0, 0.1) is 30.9 Å². The van der Waals surface area contributed by atoms with Crippen LogP contribution >= 0.6 is 0 Å². The molecule has 0 bridgehead atoms. The van der Waals surface area contributed by atoms with Crippen LogP contribution in [0.1, 0.15) is 33.4 Å². The zero-order valence-electron chi connectivity index (χ0n) is 18.5. The molecule has 0 saturated heterocycles. The fourth-order valence-electron chi connectivity index (χ4n) is 3.41.